The van der Waals surface area contributed by atoms with Crippen molar-refractivity contribution in [2.45, 2.75) is 167 Å². The Kier molecular flexibility index (Phi) is 16.0. The molecule has 0 bridgehead atoms. The summed E-state index contributed by atoms with van der Waals surface area (Å²) in [4.78, 5) is 0. The van der Waals surface area contributed by atoms with Gasteiger partial charge >= 0.3 is 0 Å². The number of hydrogen-bond donors (Lipinski definition) is 0. The first-order valence-corrected chi connectivity index (χ1v) is 14.2. The molecule has 0 aromatic rings. The van der Waals surface area contributed by atoms with Gasteiger partial charge in [0.15, 0.2) is 0 Å². The molecule has 0 aromatic heterocycles. The predicted octanol–water partition coefficient (Wildman–Crippen LogP) is 8.38. The van der Waals surface area contributed by atoms with Crippen LogP contribution in [-0.2, 0) is 14.2 Å². The van der Waals surface area contributed by atoms with Crippen LogP contribution in [0.5, 0.6) is 0 Å². The molecule has 0 spiro atoms. The number of unbranched alkanes of at least 4 members (excludes halogenated alkanes) is 12. The Balaban J connectivity index is 1.75. The maximum atomic E-state index is 6.86. The summed E-state index contributed by atoms with van der Waals surface area (Å²) < 4.78 is 19.1. The molecule has 0 aromatic carbocycles. The Morgan fingerprint density at radius 1 is 0.581 bits per heavy atom. The Morgan fingerprint density at radius 3 is 1.32 bits per heavy atom. The van der Waals surface area contributed by atoms with Gasteiger partial charge in [-0.2, -0.15) is 0 Å². The zero-order valence-corrected chi connectivity index (χ0v) is 21.1. The van der Waals surface area contributed by atoms with Crippen molar-refractivity contribution >= 4 is 0 Å². The van der Waals surface area contributed by atoms with Gasteiger partial charge < -0.3 is 14.2 Å². The maximum Gasteiger partial charge on any atom is 0.0841 e. The van der Waals surface area contributed by atoms with Crippen LogP contribution < -0.4 is 0 Å². The van der Waals surface area contributed by atoms with Crippen molar-refractivity contribution in [2.24, 2.45) is 0 Å². The molecule has 0 amide bonds. The second-order valence-corrected chi connectivity index (χ2v) is 10.1. The van der Waals surface area contributed by atoms with E-state index in [-0.39, 0.29) is 12.2 Å². The average molecular weight is 439 g/mol. The van der Waals surface area contributed by atoms with E-state index in [2.05, 4.69) is 13.8 Å². The molecule has 3 heteroatoms. The van der Waals surface area contributed by atoms with Crippen molar-refractivity contribution in [3.8, 4) is 0 Å². The van der Waals surface area contributed by atoms with Gasteiger partial charge in [-0.05, 0) is 38.5 Å². The summed E-state index contributed by atoms with van der Waals surface area (Å²) in [6.45, 7) is 6.43. The summed E-state index contributed by atoms with van der Waals surface area (Å²) in [5.41, 5.74) is 0. The van der Waals surface area contributed by atoms with Crippen LogP contribution in [0.2, 0.25) is 0 Å². The van der Waals surface area contributed by atoms with Gasteiger partial charge in [0, 0.05) is 13.2 Å². The zero-order valence-electron chi connectivity index (χ0n) is 21.1. The average Bonchev–Trinajstić information content (AvgIpc) is 3.50. The topological polar surface area (TPSA) is 27.7 Å². The van der Waals surface area contributed by atoms with Crippen LogP contribution in [0.25, 0.3) is 0 Å². The second kappa shape index (κ2) is 18.3. The van der Waals surface area contributed by atoms with E-state index < -0.39 is 0 Å². The van der Waals surface area contributed by atoms with Crippen LogP contribution in [0.3, 0.4) is 0 Å². The first-order chi connectivity index (χ1) is 15.3. The van der Waals surface area contributed by atoms with Gasteiger partial charge in [-0.25, -0.2) is 0 Å². The number of rotatable bonds is 20. The third kappa shape index (κ3) is 12.1. The van der Waals surface area contributed by atoms with E-state index >= 15 is 0 Å². The van der Waals surface area contributed by atoms with E-state index in [1.54, 1.807) is 0 Å². The molecule has 0 aliphatic carbocycles. The highest BCUT2D eigenvalue weighted by Gasteiger charge is 2.33. The van der Waals surface area contributed by atoms with Gasteiger partial charge in [0.1, 0.15) is 0 Å². The monoisotopic (exact) mass is 438 g/mol. The molecule has 2 saturated heterocycles. The van der Waals surface area contributed by atoms with E-state index in [9.17, 15) is 0 Å². The van der Waals surface area contributed by atoms with Gasteiger partial charge in [-0.15, -0.1) is 0 Å². The lowest BCUT2D eigenvalue weighted by Gasteiger charge is -2.31. The molecule has 2 aliphatic heterocycles. The minimum atomic E-state index is 0.275. The zero-order chi connectivity index (χ0) is 22.0. The summed E-state index contributed by atoms with van der Waals surface area (Å²) in [6.07, 6.45) is 27.3. The predicted molar refractivity (Wildman–Crippen MR) is 132 cm³/mol. The molecule has 2 aliphatic rings. The Labute approximate surface area is 194 Å². The van der Waals surface area contributed by atoms with E-state index in [4.69, 9.17) is 14.2 Å². The van der Waals surface area contributed by atoms with Gasteiger partial charge in [0.25, 0.3) is 0 Å². The summed E-state index contributed by atoms with van der Waals surface area (Å²) in [5.74, 6) is 0. The lowest BCUT2D eigenvalue weighted by atomic mass is 9.99. The van der Waals surface area contributed by atoms with Gasteiger partial charge in [-0.1, -0.05) is 104 Å². The Bertz CT molecular complexity index is 352. The van der Waals surface area contributed by atoms with E-state index in [0.717, 1.165) is 13.2 Å². The minimum absolute atomic E-state index is 0.275. The summed E-state index contributed by atoms with van der Waals surface area (Å²) in [7, 11) is 0. The minimum Gasteiger partial charge on any atom is -0.376 e. The molecule has 2 heterocycles. The van der Waals surface area contributed by atoms with Crippen molar-refractivity contribution in [2.75, 3.05) is 13.2 Å². The fourth-order valence-electron chi connectivity index (χ4n) is 5.30. The SMILES string of the molecule is CCCCCCCCCC(OC(CCCCCCCCC)C1CCCO1)C1CCCO1. The molecule has 31 heavy (non-hydrogen) atoms. The lowest BCUT2D eigenvalue weighted by molar-refractivity contribution is -0.128. The van der Waals surface area contributed by atoms with Crippen LogP contribution in [0.15, 0.2) is 0 Å². The number of hydrogen-bond acceptors (Lipinski definition) is 3. The first-order valence-electron chi connectivity index (χ1n) is 14.2. The maximum absolute atomic E-state index is 6.86. The van der Waals surface area contributed by atoms with E-state index in [1.807, 2.05) is 0 Å². The van der Waals surface area contributed by atoms with E-state index in [0.29, 0.717) is 12.2 Å². The Hall–Kier alpha value is -0.120. The Morgan fingerprint density at radius 2 is 0.968 bits per heavy atom. The summed E-state index contributed by atoms with van der Waals surface area (Å²) in [5, 5.41) is 0. The van der Waals surface area contributed by atoms with Crippen LogP contribution in [0.4, 0.5) is 0 Å². The molecule has 0 N–H and O–H groups in total. The fraction of sp³-hybridized carbons (Fsp3) is 1.00. The van der Waals surface area contributed by atoms with Crippen molar-refractivity contribution in [1.29, 1.82) is 0 Å². The lowest BCUT2D eigenvalue weighted by Crippen LogP contribution is -2.38. The van der Waals surface area contributed by atoms with Gasteiger partial charge in [-0.3, -0.25) is 0 Å². The quantitative estimate of drug-likeness (QED) is 0.179. The van der Waals surface area contributed by atoms with Crippen molar-refractivity contribution in [3.63, 3.8) is 0 Å². The highest BCUT2D eigenvalue weighted by atomic mass is 16.6. The molecule has 2 fully saturated rings. The van der Waals surface area contributed by atoms with Crippen LogP contribution >= 0.6 is 0 Å². The smallest absolute Gasteiger partial charge is 0.0841 e. The van der Waals surface area contributed by atoms with Crippen LogP contribution in [-0.4, -0.2) is 37.6 Å². The van der Waals surface area contributed by atoms with E-state index in [1.165, 1.54) is 128 Å². The van der Waals surface area contributed by atoms with Crippen molar-refractivity contribution in [3.05, 3.63) is 0 Å². The van der Waals surface area contributed by atoms with Gasteiger partial charge in [0.2, 0.25) is 0 Å². The van der Waals surface area contributed by atoms with Gasteiger partial charge in [0.05, 0.1) is 24.4 Å². The fourth-order valence-corrected chi connectivity index (χ4v) is 5.30. The third-order valence-corrected chi connectivity index (χ3v) is 7.29. The second-order valence-electron chi connectivity index (χ2n) is 10.1. The summed E-state index contributed by atoms with van der Waals surface area (Å²) in [6, 6.07) is 0. The first kappa shape index (κ1) is 27.1. The molecule has 0 radical (unpaired) electrons. The molecular weight excluding hydrogens is 384 g/mol. The largest absolute Gasteiger partial charge is 0.376 e. The van der Waals surface area contributed by atoms with Crippen molar-refractivity contribution in [1.82, 2.24) is 0 Å². The van der Waals surface area contributed by atoms with Crippen molar-refractivity contribution < 1.29 is 14.2 Å². The normalized spacial score (nSPS) is 23.4. The molecule has 3 nitrogen and oxygen atoms in total. The molecule has 184 valence electrons. The molecule has 0 saturated carbocycles. The molecular formula is C28H54O3. The molecule has 4 unspecified atom stereocenters. The summed E-state index contributed by atoms with van der Waals surface area (Å²) >= 11 is 0. The molecule has 2 rings (SSSR count). The highest BCUT2D eigenvalue weighted by Crippen LogP contribution is 2.29. The standard InChI is InChI=1S/C28H54O3/c1-3-5-7-9-11-13-15-19-27(25-21-17-23-29-25)31-28(26-22-18-24-30-26)20-16-14-12-10-8-6-4-2/h25-28H,3-24H2,1-2H3. The van der Waals surface area contributed by atoms with Crippen LogP contribution in [0.1, 0.15) is 142 Å². The van der Waals surface area contributed by atoms with Crippen LogP contribution in [0, 0.1) is 0 Å². The molecule has 4 atom stereocenters. The third-order valence-electron chi connectivity index (χ3n) is 7.29. The highest BCUT2D eigenvalue weighted by molar-refractivity contribution is 4.81. The number of ether oxygens (including phenoxy) is 3.